The van der Waals surface area contributed by atoms with Crippen LogP contribution in [0.1, 0.15) is 13.8 Å². The van der Waals surface area contributed by atoms with E-state index >= 15 is 0 Å². The molecule has 0 aromatic heterocycles. The Morgan fingerprint density at radius 2 is 1.83 bits per heavy atom. The first kappa shape index (κ1) is 12.0. The molecule has 0 aromatic carbocycles. The summed E-state index contributed by atoms with van der Waals surface area (Å²) in [5, 5.41) is -0.602. The first-order valence-corrected chi connectivity index (χ1v) is 6.22. The fourth-order valence-corrected chi connectivity index (χ4v) is 2.61. The minimum absolute atomic E-state index is 0.0473. The molecule has 0 aliphatic rings. The zero-order chi connectivity index (χ0) is 9.61. The summed E-state index contributed by atoms with van der Waals surface area (Å²) < 4.78 is 41.3. The molecule has 0 N–H and O–H groups in total. The number of hydrogen-bond acceptors (Lipinski definition) is 5. The fraction of sp³-hybridized carbons (Fsp3) is 1.00. The molecule has 0 radical (unpaired) electrons. The van der Waals surface area contributed by atoms with Gasteiger partial charge in [-0.2, -0.15) is 8.42 Å². The molecule has 0 aromatic rings. The van der Waals surface area contributed by atoms with E-state index in [0.29, 0.717) is 0 Å². The number of rotatable bonds is 6. The van der Waals surface area contributed by atoms with Crippen LogP contribution in [0.5, 0.6) is 0 Å². The molecule has 0 aliphatic carbocycles. The monoisotopic (exact) mass is 216 g/mol. The predicted molar refractivity (Wildman–Crippen MR) is 45.2 cm³/mol. The van der Waals surface area contributed by atoms with Crippen molar-refractivity contribution in [3.05, 3.63) is 0 Å². The first-order chi connectivity index (χ1) is 5.52. The van der Waals surface area contributed by atoms with Gasteiger partial charge in [0.1, 0.15) is 0 Å². The topological polar surface area (TPSA) is 69.7 Å². The average Bonchev–Trinajstić information content (AvgIpc) is 1.85. The van der Waals surface area contributed by atoms with Gasteiger partial charge in [-0.25, -0.2) is 4.21 Å². The fourth-order valence-electron chi connectivity index (χ4n) is 0.497. The maximum Gasteiger partial charge on any atom is 0.281 e. The molecule has 0 bridgehead atoms. The van der Waals surface area contributed by atoms with E-state index < -0.39 is 26.3 Å². The second-order valence-electron chi connectivity index (χ2n) is 1.79. The van der Waals surface area contributed by atoms with Crippen LogP contribution in [0.2, 0.25) is 0 Å². The lowest BCUT2D eigenvalue weighted by molar-refractivity contribution is 0.338. The van der Waals surface area contributed by atoms with Crippen molar-refractivity contribution in [1.82, 2.24) is 0 Å². The van der Waals surface area contributed by atoms with Crippen LogP contribution < -0.4 is 0 Å². The molecule has 0 saturated carbocycles. The van der Waals surface area contributed by atoms with Gasteiger partial charge in [0.25, 0.3) is 10.1 Å². The molecule has 7 heteroatoms. The maximum atomic E-state index is 10.8. The van der Waals surface area contributed by atoms with Gasteiger partial charge in [0, 0.05) is 0 Å². The Kier molecular flexibility index (Phi) is 5.64. The van der Waals surface area contributed by atoms with Gasteiger partial charge in [-0.05, 0) is 13.8 Å². The third-order valence-corrected chi connectivity index (χ3v) is 3.81. The molecule has 5 nitrogen and oxygen atoms in total. The van der Waals surface area contributed by atoms with Crippen molar-refractivity contribution in [3.8, 4) is 0 Å². The lowest BCUT2D eigenvalue weighted by Gasteiger charge is -2.01. The Labute approximate surface area is 74.8 Å². The summed E-state index contributed by atoms with van der Waals surface area (Å²) >= 11 is -1.80. The van der Waals surface area contributed by atoms with E-state index in [2.05, 4.69) is 8.37 Å². The van der Waals surface area contributed by atoms with Crippen LogP contribution >= 0.6 is 0 Å². The van der Waals surface area contributed by atoms with Crippen LogP contribution in [-0.2, 0) is 29.6 Å². The molecular weight excluding hydrogens is 204 g/mol. The summed E-state index contributed by atoms with van der Waals surface area (Å²) in [5.41, 5.74) is 0. The summed E-state index contributed by atoms with van der Waals surface area (Å²) in [5.74, 6) is 0. The van der Waals surface area contributed by atoms with Gasteiger partial charge in [-0.15, -0.1) is 0 Å². The van der Waals surface area contributed by atoms with Crippen LogP contribution in [0, 0.1) is 0 Å². The maximum absolute atomic E-state index is 10.8. The van der Waals surface area contributed by atoms with Crippen LogP contribution in [-0.4, -0.2) is 30.9 Å². The van der Waals surface area contributed by atoms with E-state index in [4.69, 9.17) is 0 Å². The van der Waals surface area contributed by atoms with Crippen molar-refractivity contribution in [2.24, 2.45) is 0 Å². The average molecular weight is 216 g/mol. The SMILES string of the molecule is CCOS(=O)CS(=O)(=O)OCC. The molecule has 0 heterocycles. The quantitative estimate of drug-likeness (QED) is 0.585. The Balaban J connectivity index is 3.98. The van der Waals surface area contributed by atoms with E-state index in [-0.39, 0.29) is 13.2 Å². The van der Waals surface area contributed by atoms with Gasteiger partial charge in [0.05, 0.1) is 13.2 Å². The molecule has 0 aliphatic heterocycles. The van der Waals surface area contributed by atoms with E-state index in [0.717, 1.165) is 0 Å². The van der Waals surface area contributed by atoms with Gasteiger partial charge in [0.15, 0.2) is 16.2 Å². The largest absolute Gasteiger partial charge is 0.290 e. The lowest BCUT2D eigenvalue weighted by Crippen LogP contribution is -2.15. The Hall–Kier alpha value is 0.0200. The Morgan fingerprint density at radius 3 is 2.25 bits per heavy atom. The standard InChI is InChI=1S/C5H12O5S2/c1-3-9-11(6)5-12(7,8)10-4-2/h3-5H2,1-2H3. The third kappa shape index (κ3) is 5.64. The van der Waals surface area contributed by atoms with Gasteiger partial charge in [0.2, 0.25) is 0 Å². The Bertz CT molecular complexity index is 232. The van der Waals surface area contributed by atoms with E-state index in [1.165, 1.54) is 0 Å². The highest BCUT2D eigenvalue weighted by molar-refractivity contribution is 8.00. The molecule has 0 saturated heterocycles. The highest BCUT2D eigenvalue weighted by atomic mass is 32.3. The molecule has 1 atom stereocenters. The zero-order valence-electron chi connectivity index (χ0n) is 6.98. The summed E-state index contributed by atoms with van der Waals surface area (Å²) in [6.45, 7) is 3.44. The zero-order valence-corrected chi connectivity index (χ0v) is 8.61. The minimum Gasteiger partial charge on any atom is -0.290 e. The molecular formula is C5H12O5S2. The van der Waals surface area contributed by atoms with Crippen molar-refractivity contribution < 1.29 is 21.0 Å². The highest BCUT2D eigenvalue weighted by Crippen LogP contribution is 1.97. The van der Waals surface area contributed by atoms with E-state index in [1.54, 1.807) is 13.8 Å². The second kappa shape index (κ2) is 5.63. The molecule has 74 valence electrons. The summed E-state index contributed by atoms with van der Waals surface area (Å²) in [4.78, 5) is 0. The molecule has 0 rings (SSSR count). The van der Waals surface area contributed by atoms with Gasteiger partial charge >= 0.3 is 0 Å². The molecule has 1 unspecified atom stereocenters. The van der Waals surface area contributed by atoms with Crippen molar-refractivity contribution in [2.45, 2.75) is 13.8 Å². The minimum atomic E-state index is -3.68. The lowest BCUT2D eigenvalue weighted by atomic mass is 10.9. The summed E-state index contributed by atoms with van der Waals surface area (Å²) in [6.07, 6.45) is 0. The molecule has 0 amide bonds. The smallest absolute Gasteiger partial charge is 0.281 e. The van der Waals surface area contributed by atoms with Crippen molar-refractivity contribution in [2.75, 3.05) is 18.3 Å². The summed E-state index contributed by atoms with van der Waals surface area (Å²) in [7, 11) is -3.68. The van der Waals surface area contributed by atoms with Gasteiger partial charge in [-0.3, -0.25) is 8.37 Å². The van der Waals surface area contributed by atoms with Crippen LogP contribution in [0.25, 0.3) is 0 Å². The second-order valence-corrected chi connectivity index (χ2v) is 4.93. The van der Waals surface area contributed by atoms with Gasteiger partial charge in [-0.1, -0.05) is 0 Å². The van der Waals surface area contributed by atoms with Crippen LogP contribution in [0.15, 0.2) is 0 Å². The van der Waals surface area contributed by atoms with E-state index in [9.17, 15) is 12.6 Å². The van der Waals surface area contributed by atoms with Crippen molar-refractivity contribution in [3.63, 3.8) is 0 Å². The number of hydrogen-bond donors (Lipinski definition) is 0. The Morgan fingerprint density at radius 1 is 1.25 bits per heavy atom. The van der Waals surface area contributed by atoms with Crippen molar-refractivity contribution in [1.29, 1.82) is 0 Å². The first-order valence-electron chi connectivity index (χ1n) is 3.40. The normalized spacial score (nSPS) is 14.5. The van der Waals surface area contributed by atoms with E-state index in [1.807, 2.05) is 0 Å². The highest BCUT2D eigenvalue weighted by Gasteiger charge is 2.15. The summed E-state index contributed by atoms with van der Waals surface area (Å²) in [6, 6.07) is 0. The van der Waals surface area contributed by atoms with Crippen LogP contribution in [0.4, 0.5) is 0 Å². The van der Waals surface area contributed by atoms with Gasteiger partial charge < -0.3 is 0 Å². The molecule has 0 spiro atoms. The van der Waals surface area contributed by atoms with Crippen molar-refractivity contribution >= 4 is 21.2 Å². The third-order valence-electron chi connectivity index (χ3n) is 0.787. The molecule has 0 fully saturated rings. The predicted octanol–water partition coefficient (Wildman–Crippen LogP) is 0.0104. The van der Waals surface area contributed by atoms with Crippen LogP contribution in [0.3, 0.4) is 0 Å². The molecule has 12 heavy (non-hydrogen) atoms.